The minimum atomic E-state index is -4.90. The van der Waals surface area contributed by atoms with Gasteiger partial charge in [0.25, 0.3) is 0 Å². The Morgan fingerprint density at radius 3 is 1.58 bits per heavy atom. The van der Waals surface area contributed by atoms with Crippen LogP contribution < -0.4 is 5.73 Å². The van der Waals surface area contributed by atoms with Gasteiger partial charge in [-0.2, -0.15) is 13.2 Å². The molecule has 0 aromatic heterocycles. The molecule has 0 aromatic rings. The van der Waals surface area contributed by atoms with Crippen molar-refractivity contribution in [3.63, 3.8) is 0 Å². The number of halogens is 3. The Morgan fingerprint density at radius 2 is 1.53 bits per heavy atom. The number of aliphatic carboxylic acids is 1. The minimum Gasteiger partial charge on any atom is -0.480 e. The molecule has 1 atom stereocenters. The summed E-state index contributed by atoms with van der Waals surface area (Å²) >= 11 is 0. The zero-order valence-electron chi connectivity index (χ0n) is 11.5. The molecule has 0 spiro atoms. The van der Waals surface area contributed by atoms with Crippen molar-refractivity contribution < 1.29 is 32.6 Å². The van der Waals surface area contributed by atoms with E-state index in [1.54, 1.807) is 13.8 Å². The molecule has 0 saturated carbocycles. The van der Waals surface area contributed by atoms with Gasteiger partial charge in [0.2, 0.25) is 0 Å². The molecular formula is C11H20F3NO4. The summed E-state index contributed by atoms with van der Waals surface area (Å²) < 4.78 is 38.6. The van der Waals surface area contributed by atoms with E-state index in [-0.39, 0.29) is 5.92 Å². The molecule has 0 saturated heterocycles. The smallest absolute Gasteiger partial charge is 0.480 e. The van der Waals surface area contributed by atoms with E-state index >= 15 is 0 Å². The first-order valence-corrected chi connectivity index (χ1v) is 5.47. The summed E-state index contributed by atoms with van der Waals surface area (Å²) in [6.45, 7) is 7.67. The number of rotatable bonds is 2. The molecule has 0 aromatic carbocycles. The van der Waals surface area contributed by atoms with Crippen LogP contribution in [0.25, 0.3) is 0 Å². The van der Waals surface area contributed by atoms with E-state index in [0.29, 0.717) is 0 Å². The van der Waals surface area contributed by atoms with Crippen molar-refractivity contribution in [2.75, 3.05) is 0 Å². The van der Waals surface area contributed by atoms with Gasteiger partial charge >= 0.3 is 18.1 Å². The zero-order chi connectivity index (χ0) is 16.0. The lowest BCUT2D eigenvalue weighted by Crippen LogP contribution is -2.34. The van der Waals surface area contributed by atoms with Crippen LogP contribution in [-0.2, 0) is 14.3 Å². The molecule has 0 fully saturated rings. The number of hydrogen-bond donors (Lipinski definition) is 2. The topological polar surface area (TPSA) is 89.6 Å². The van der Waals surface area contributed by atoms with Gasteiger partial charge in [-0.05, 0) is 26.7 Å². The Morgan fingerprint density at radius 1 is 1.16 bits per heavy atom. The van der Waals surface area contributed by atoms with E-state index in [0.717, 1.165) is 0 Å². The van der Waals surface area contributed by atoms with Crippen molar-refractivity contribution in [2.45, 2.75) is 52.4 Å². The maximum absolute atomic E-state index is 11.5. The minimum absolute atomic E-state index is 0.0208. The quantitative estimate of drug-likeness (QED) is 0.758. The van der Waals surface area contributed by atoms with Crippen LogP contribution in [0.4, 0.5) is 13.2 Å². The second kappa shape index (κ2) is 7.32. The second-order valence-electron chi connectivity index (χ2n) is 5.11. The number of hydrogen-bond acceptors (Lipinski definition) is 4. The molecule has 5 nitrogen and oxygen atoms in total. The van der Waals surface area contributed by atoms with Crippen molar-refractivity contribution >= 4 is 11.9 Å². The van der Waals surface area contributed by atoms with Gasteiger partial charge in [0.1, 0.15) is 11.6 Å². The van der Waals surface area contributed by atoms with Crippen LogP contribution in [0.15, 0.2) is 0 Å². The predicted octanol–water partition coefficient (Wildman–Crippen LogP) is 1.94. The van der Waals surface area contributed by atoms with Gasteiger partial charge in [0.15, 0.2) is 0 Å². The average Bonchev–Trinajstić information content (AvgIpc) is 2.12. The molecule has 8 heteroatoms. The van der Waals surface area contributed by atoms with Gasteiger partial charge in [0.05, 0.1) is 0 Å². The van der Waals surface area contributed by atoms with Gasteiger partial charge in [-0.15, -0.1) is 0 Å². The van der Waals surface area contributed by atoms with Crippen LogP contribution in [0.1, 0.15) is 34.6 Å². The first-order valence-electron chi connectivity index (χ1n) is 5.47. The van der Waals surface area contributed by atoms with E-state index in [2.05, 4.69) is 4.74 Å². The largest absolute Gasteiger partial charge is 0.490 e. The molecule has 0 heterocycles. The molecule has 19 heavy (non-hydrogen) atoms. The van der Waals surface area contributed by atoms with Crippen molar-refractivity contribution in [1.29, 1.82) is 0 Å². The average molecular weight is 287 g/mol. The number of carboxylic acid groups (broad SMARTS) is 1. The van der Waals surface area contributed by atoms with Gasteiger partial charge < -0.3 is 15.6 Å². The van der Waals surface area contributed by atoms with E-state index in [1.807, 2.05) is 0 Å². The fourth-order valence-corrected chi connectivity index (χ4v) is 0.621. The molecule has 0 bridgehead atoms. The lowest BCUT2D eigenvalue weighted by molar-refractivity contribution is -0.210. The fraction of sp³-hybridized carbons (Fsp3) is 0.818. The van der Waals surface area contributed by atoms with Crippen LogP contribution in [-0.4, -0.2) is 34.9 Å². The van der Waals surface area contributed by atoms with Crippen molar-refractivity contribution in [1.82, 2.24) is 0 Å². The van der Waals surface area contributed by atoms with Crippen molar-refractivity contribution in [3.8, 4) is 0 Å². The number of esters is 1. The van der Waals surface area contributed by atoms with Crippen LogP contribution in [0.3, 0.4) is 0 Å². The highest BCUT2D eigenvalue weighted by atomic mass is 19.4. The molecular weight excluding hydrogens is 267 g/mol. The maximum atomic E-state index is 11.5. The summed E-state index contributed by atoms with van der Waals surface area (Å²) in [4.78, 5) is 20.1. The molecule has 0 rings (SSSR count). The predicted molar refractivity (Wildman–Crippen MR) is 62.3 cm³/mol. The molecule has 0 unspecified atom stereocenters. The van der Waals surface area contributed by atoms with Crippen LogP contribution in [0.2, 0.25) is 0 Å². The molecule has 0 aliphatic carbocycles. The Kier molecular flexibility index (Phi) is 7.71. The number of carbonyl (C=O) groups excluding carboxylic acids is 1. The molecule has 0 aliphatic rings. The fourth-order valence-electron chi connectivity index (χ4n) is 0.621. The number of carbonyl (C=O) groups is 2. The van der Waals surface area contributed by atoms with Crippen LogP contribution in [0.5, 0.6) is 0 Å². The van der Waals surface area contributed by atoms with Crippen molar-refractivity contribution in [3.05, 3.63) is 0 Å². The molecule has 114 valence electrons. The summed E-state index contributed by atoms with van der Waals surface area (Å²) in [6, 6.07) is -0.713. The van der Waals surface area contributed by atoms with Gasteiger partial charge in [0, 0.05) is 0 Å². The van der Waals surface area contributed by atoms with Gasteiger partial charge in [-0.3, -0.25) is 4.79 Å². The normalized spacial score (nSPS) is 13.4. The zero-order valence-corrected chi connectivity index (χ0v) is 11.5. The summed E-state index contributed by atoms with van der Waals surface area (Å²) in [5, 5.41) is 8.23. The third kappa shape index (κ3) is 11.5. The Bertz CT molecular complexity index is 308. The van der Waals surface area contributed by atoms with E-state index in [1.165, 1.54) is 20.8 Å². The number of nitrogens with two attached hydrogens (primary N) is 1. The third-order valence-corrected chi connectivity index (χ3v) is 1.63. The van der Waals surface area contributed by atoms with E-state index < -0.39 is 29.8 Å². The standard InChI is InChI=1S/C6H9F3O2.C5H11NO2/c1-5(2,3)11-4(10)6(7,8)9;1-3(2)4(6)5(7)8/h1-3H3;3-4H,6H2,1-2H3,(H,7,8)/t;4-/m.0/s1. The van der Waals surface area contributed by atoms with Crippen LogP contribution in [0, 0.1) is 5.92 Å². The van der Waals surface area contributed by atoms with Crippen LogP contribution >= 0.6 is 0 Å². The third-order valence-electron chi connectivity index (χ3n) is 1.63. The van der Waals surface area contributed by atoms with Gasteiger partial charge in [-0.1, -0.05) is 13.8 Å². The number of ether oxygens (including phenoxy) is 1. The molecule has 0 amide bonds. The van der Waals surface area contributed by atoms with E-state index in [4.69, 9.17) is 10.8 Å². The maximum Gasteiger partial charge on any atom is 0.490 e. The monoisotopic (exact) mass is 287 g/mol. The molecule has 0 aliphatic heterocycles. The Balaban J connectivity index is 0. The SMILES string of the molecule is CC(C)(C)OC(=O)C(F)(F)F.CC(C)[C@H](N)C(=O)O. The number of carboxylic acids is 1. The highest BCUT2D eigenvalue weighted by Gasteiger charge is 2.42. The number of alkyl halides is 3. The van der Waals surface area contributed by atoms with Crippen molar-refractivity contribution in [2.24, 2.45) is 11.7 Å². The lowest BCUT2D eigenvalue weighted by Gasteiger charge is -2.19. The Labute approximate surface area is 109 Å². The molecule has 3 N–H and O–H groups in total. The first-order chi connectivity index (χ1) is 8.18. The summed E-state index contributed by atoms with van der Waals surface area (Å²) in [7, 11) is 0. The molecule has 0 radical (unpaired) electrons. The lowest BCUT2D eigenvalue weighted by atomic mass is 10.1. The summed E-state index contributed by atoms with van der Waals surface area (Å²) in [6.07, 6.45) is -4.90. The van der Waals surface area contributed by atoms with Gasteiger partial charge in [-0.25, -0.2) is 4.79 Å². The highest BCUT2D eigenvalue weighted by Crippen LogP contribution is 2.20. The summed E-state index contributed by atoms with van der Waals surface area (Å²) in [5.74, 6) is -3.06. The Hall–Kier alpha value is -1.31. The summed E-state index contributed by atoms with van der Waals surface area (Å²) in [5.41, 5.74) is 4.07. The highest BCUT2D eigenvalue weighted by molar-refractivity contribution is 5.76. The van der Waals surface area contributed by atoms with E-state index in [9.17, 15) is 22.8 Å². The second-order valence-corrected chi connectivity index (χ2v) is 5.11. The first kappa shape index (κ1) is 20.0.